The molecule has 0 aliphatic heterocycles. The van der Waals surface area contributed by atoms with E-state index in [1.54, 1.807) is 0 Å². The lowest BCUT2D eigenvalue weighted by Gasteiger charge is -2.04. The third-order valence-corrected chi connectivity index (χ3v) is 3.85. The lowest BCUT2D eigenvalue weighted by Crippen LogP contribution is -2.05. The molecule has 0 aliphatic carbocycles. The van der Waals surface area contributed by atoms with Gasteiger partial charge in [0, 0.05) is 12.1 Å². The Labute approximate surface area is 153 Å². The Morgan fingerprint density at radius 1 is 1.12 bits per heavy atom. The maximum Gasteiger partial charge on any atom is 0.232 e. The van der Waals surface area contributed by atoms with Gasteiger partial charge in [-0.25, -0.2) is 0 Å². The van der Waals surface area contributed by atoms with Gasteiger partial charge in [-0.3, -0.25) is 0 Å². The number of oxazole rings is 1. The molecule has 0 atom stereocenters. The van der Waals surface area contributed by atoms with Gasteiger partial charge in [-0.2, -0.15) is 10.2 Å². The van der Waals surface area contributed by atoms with Gasteiger partial charge in [-0.05, 0) is 42.7 Å². The number of nitrogens with zero attached hydrogens (tertiary/aromatic N) is 2. The third kappa shape index (κ3) is 4.42. The first-order chi connectivity index (χ1) is 12.8. The van der Waals surface area contributed by atoms with Crippen LogP contribution in [0.3, 0.4) is 0 Å². The van der Waals surface area contributed by atoms with Crippen LogP contribution in [0.1, 0.15) is 24.6 Å². The van der Waals surface area contributed by atoms with Crippen LogP contribution in [0.15, 0.2) is 59.0 Å². The SMILES string of the molecule is CCCOc1ccc(-c2nc(C#N)c(NCCc3ccccc3)o2)cc1. The summed E-state index contributed by atoms with van der Waals surface area (Å²) in [4.78, 5) is 4.29. The zero-order chi connectivity index (χ0) is 18.2. The number of anilines is 1. The first-order valence-electron chi connectivity index (χ1n) is 8.72. The topological polar surface area (TPSA) is 71.1 Å². The van der Waals surface area contributed by atoms with Crippen LogP contribution in [-0.2, 0) is 6.42 Å². The molecule has 0 saturated carbocycles. The van der Waals surface area contributed by atoms with Crippen molar-refractivity contribution in [3.05, 3.63) is 65.9 Å². The Morgan fingerprint density at radius 3 is 2.58 bits per heavy atom. The van der Waals surface area contributed by atoms with Crippen molar-refractivity contribution in [1.82, 2.24) is 4.98 Å². The fourth-order valence-corrected chi connectivity index (χ4v) is 2.52. The summed E-state index contributed by atoms with van der Waals surface area (Å²) in [6, 6.07) is 19.8. The molecule has 1 N–H and O–H groups in total. The average Bonchev–Trinajstić information content (AvgIpc) is 3.11. The highest BCUT2D eigenvalue weighted by Crippen LogP contribution is 2.27. The summed E-state index contributed by atoms with van der Waals surface area (Å²) in [6.45, 7) is 3.42. The van der Waals surface area contributed by atoms with Gasteiger partial charge in [-0.1, -0.05) is 37.3 Å². The van der Waals surface area contributed by atoms with Crippen LogP contribution in [0.5, 0.6) is 5.75 Å². The zero-order valence-corrected chi connectivity index (χ0v) is 14.7. The minimum Gasteiger partial charge on any atom is -0.494 e. The summed E-state index contributed by atoms with van der Waals surface area (Å²) in [7, 11) is 0. The molecule has 0 spiro atoms. The molecule has 1 heterocycles. The van der Waals surface area contributed by atoms with Crippen LogP contribution >= 0.6 is 0 Å². The van der Waals surface area contributed by atoms with E-state index in [1.165, 1.54) is 5.56 Å². The number of hydrogen-bond acceptors (Lipinski definition) is 5. The molecule has 26 heavy (non-hydrogen) atoms. The Hall–Kier alpha value is -3.26. The van der Waals surface area contributed by atoms with Gasteiger partial charge in [-0.15, -0.1) is 0 Å². The average molecular weight is 347 g/mol. The van der Waals surface area contributed by atoms with Crippen LogP contribution in [-0.4, -0.2) is 18.1 Å². The van der Waals surface area contributed by atoms with Gasteiger partial charge in [0.25, 0.3) is 0 Å². The number of nitriles is 1. The van der Waals surface area contributed by atoms with Crippen LogP contribution in [0, 0.1) is 11.3 Å². The second-order valence-corrected chi connectivity index (χ2v) is 5.84. The van der Waals surface area contributed by atoms with Crippen LogP contribution < -0.4 is 10.1 Å². The molecule has 0 fully saturated rings. The minimum atomic E-state index is 0.263. The van der Waals surface area contributed by atoms with Crippen LogP contribution in [0.25, 0.3) is 11.5 Å². The molecule has 5 heteroatoms. The van der Waals surface area contributed by atoms with Crippen LogP contribution in [0.2, 0.25) is 0 Å². The first-order valence-corrected chi connectivity index (χ1v) is 8.72. The monoisotopic (exact) mass is 347 g/mol. The fraction of sp³-hybridized carbons (Fsp3) is 0.238. The highest BCUT2D eigenvalue weighted by atomic mass is 16.5. The van der Waals surface area contributed by atoms with E-state index < -0.39 is 0 Å². The molecular formula is C21H21N3O2. The molecule has 3 aromatic rings. The van der Waals surface area contributed by atoms with E-state index in [0.717, 1.165) is 24.2 Å². The van der Waals surface area contributed by atoms with E-state index in [1.807, 2.05) is 42.5 Å². The first kappa shape index (κ1) is 17.6. The lowest BCUT2D eigenvalue weighted by atomic mass is 10.1. The van der Waals surface area contributed by atoms with E-state index in [2.05, 4.69) is 35.4 Å². The van der Waals surface area contributed by atoms with Crippen molar-refractivity contribution in [3.63, 3.8) is 0 Å². The highest BCUT2D eigenvalue weighted by molar-refractivity contribution is 5.59. The predicted molar refractivity (Wildman–Crippen MR) is 101 cm³/mol. The third-order valence-electron chi connectivity index (χ3n) is 3.85. The van der Waals surface area contributed by atoms with E-state index in [9.17, 15) is 5.26 Å². The Bertz CT molecular complexity index is 865. The maximum atomic E-state index is 9.30. The highest BCUT2D eigenvalue weighted by Gasteiger charge is 2.14. The van der Waals surface area contributed by atoms with Gasteiger partial charge in [0.2, 0.25) is 17.5 Å². The number of aromatic nitrogens is 1. The van der Waals surface area contributed by atoms with Gasteiger partial charge >= 0.3 is 0 Å². The minimum absolute atomic E-state index is 0.263. The summed E-state index contributed by atoms with van der Waals surface area (Å²) in [6.07, 6.45) is 1.80. The summed E-state index contributed by atoms with van der Waals surface area (Å²) in [5, 5.41) is 12.5. The Morgan fingerprint density at radius 2 is 1.88 bits per heavy atom. The van der Waals surface area contributed by atoms with Crippen molar-refractivity contribution in [2.45, 2.75) is 19.8 Å². The standard InChI is InChI=1S/C21H21N3O2/c1-2-14-25-18-10-8-17(9-11-18)20-24-19(15-22)21(26-20)23-13-12-16-6-4-3-5-7-16/h3-11,23H,2,12-14H2,1H3. The molecule has 1 aromatic heterocycles. The second-order valence-electron chi connectivity index (χ2n) is 5.84. The molecular weight excluding hydrogens is 326 g/mol. The molecule has 0 amide bonds. The predicted octanol–water partition coefficient (Wildman–Crippen LogP) is 4.66. The van der Waals surface area contributed by atoms with Crippen molar-refractivity contribution < 1.29 is 9.15 Å². The van der Waals surface area contributed by atoms with Gasteiger partial charge in [0.15, 0.2) is 0 Å². The molecule has 5 nitrogen and oxygen atoms in total. The van der Waals surface area contributed by atoms with Crippen molar-refractivity contribution in [2.75, 3.05) is 18.5 Å². The van der Waals surface area contributed by atoms with Gasteiger partial charge in [0.1, 0.15) is 11.8 Å². The molecule has 3 rings (SSSR count). The molecule has 132 valence electrons. The van der Waals surface area contributed by atoms with E-state index >= 15 is 0 Å². The number of ether oxygens (including phenoxy) is 1. The van der Waals surface area contributed by atoms with E-state index in [4.69, 9.17) is 9.15 Å². The molecule has 0 saturated heterocycles. The number of benzene rings is 2. The fourth-order valence-electron chi connectivity index (χ4n) is 2.52. The molecule has 2 aromatic carbocycles. The molecule has 0 bridgehead atoms. The van der Waals surface area contributed by atoms with E-state index in [-0.39, 0.29) is 5.69 Å². The smallest absolute Gasteiger partial charge is 0.232 e. The summed E-state index contributed by atoms with van der Waals surface area (Å²) >= 11 is 0. The maximum absolute atomic E-state index is 9.30. The number of nitrogens with one attached hydrogen (secondary N) is 1. The number of hydrogen-bond donors (Lipinski definition) is 1. The normalized spacial score (nSPS) is 10.3. The summed E-state index contributed by atoms with van der Waals surface area (Å²) < 4.78 is 11.3. The number of rotatable bonds is 8. The lowest BCUT2D eigenvalue weighted by molar-refractivity contribution is 0.317. The van der Waals surface area contributed by atoms with Crippen LogP contribution in [0.4, 0.5) is 5.88 Å². The van der Waals surface area contributed by atoms with E-state index in [0.29, 0.717) is 24.9 Å². The molecule has 0 radical (unpaired) electrons. The summed E-state index contributed by atoms with van der Waals surface area (Å²) in [5.74, 6) is 1.64. The van der Waals surface area contributed by atoms with Crippen molar-refractivity contribution >= 4 is 5.88 Å². The largest absolute Gasteiger partial charge is 0.494 e. The molecule has 0 aliphatic rings. The second kappa shape index (κ2) is 8.72. The van der Waals surface area contributed by atoms with Crippen molar-refractivity contribution in [1.29, 1.82) is 5.26 Å². The van der Waals surface area contributed by atoms with Crippen molar-refractivity contribution in [2.24, 2.45) is 0 Å². The van der Waals surface area contributed by atoms with Crippen molar-refractivity contribution in [3.8, 4) is 23.3 Å². The van der Waals surface area contributed by atoms with Gasteiger partial charge in [0.05, 0.1) is 6.61 Å². The summed E-state index contributed by atoms with van der Waals surface area (Å²) in [5.41, 5.74) is 2.29. The Balaban J connectivity index is 1.67. The zero-order valence-electron chi connectivity index (χ0n) is 14.7. The quantitative estimate of drug-likeness (QED) is 0.642. The molecule has 0 unspecified atom stereocenters. The van der Waals surface area contributed by atoms with Gasteiger partial charge < -0.3 is 14.5 Å². The Kier molecular flexibility index (Phi) is 5.89.